The Bertz CT molecular complexity index is 1080. The molecular weight excluding hydrogens is 493 g/mol. The minimum Gasteiger partial charge on any atom is -0.338 e. The van der Waals surface area contributed by atoms with Gasteiger partial charge in [-0.2, -0.15) is 0 Å². The molecule has 1 aromatic carbocycles. The molecule has 39 heavy (non-hydrogen) atoms. The summed E-state index contributed by atoms with van der Waals surface area (Å²) in [6.07, 6.45) is 6.16. The third-order valence-electron chi connectivity index (χ3n) is 7.14. The lowest BCUT2D eigenvalue weighted by molar-refractivity contribution is -0.132. The smallest absolute Gasteiger partial charge is 0.227 e. The van der Waals surface area contributed by atoms with Crippen LogP contribution in [0, 0.1) is 17.7 Å². The summed E-state index contributed by atoms with van der Waals surface area (Å²) in [7, 11) is 0. The van der Waals surface area contributed by atoms with Crippen molar-refractivity contribution in [2.75, 3.05) is 37.6 Å². The van der Waals surface area contributed by atoms with E-state index in [0.29, 0.717) is 49.6 Å². The molecule has 0 saturated heterocycles. The average Bonchev–Trinajstić information content (AvgIpc) is 3.32. The first kappa shape index (κ1) is 30.8. The molecule has 8 heteroatoms. The van der Waals surface area contributed by atoms with Crippen molar-refractivity contribution in [3.8, 4) is 0 Å². The number of anilines is 1. The number of aryl methyl sites for hydroxylation is 1. The Morgan fingerprint density at radius 3 is 2.33 bits per heavy atom. The maximum Gasteiger partial charge on any atom is 0.227 e. The van der Waals surface area contributed by atoms with E-state index in [1.165, 1.54) is 12.1 Å². The number of carbonyl (C=O) groups excluding carboxylic acids is 2. The van der Waals surface area contributed by atoms with Gasteiger partial charge < -0.3 is 19.3 Å². The van der Waals surface area contributed by atoms with E-state index in [2.05, 4.69) is 37.6 Å². The van der Waals surface area contributed by atoms with Crippen molar-refractivity contribution >= 4 is 17.5 Å². The van der Waals surface area contributed by atoms with E-state index in [0.717, 1.165) is 38.3 Å². The summed E-state index contributed by atoms with van der Waals surface area (Å²) in [4.78, 5) is 37.6. The first-order valence-corrected chi connectivity index (χ1v) is 14.6. The number of benzene rings is 1. The van der Waals surface area contributed by atoms with Gasteiger partial charge in [0.15, 0.2) is 0 Å². The second kappa shape index (κ2) is 14.6. The molecule has 2 aromatic rings. The summed E-state index contributed by atoms with van der Waals surface area (Å²) in [5.41, 5.74) is 1.40. The van der Waals surface area contributed by atoms with Crippen LogP contribution in [0.1, 0.15) is 84.5 Å². The maximum atomic E-state index is 14.5. The lowest BCUT2D eigenvalue weighted by atomic mass is 10.1. The SMILES string of the molecule is CC(C)CC(=O)N1CCCN(CC(C)C)CCCN(C(=O)CCn2ccnc2C(C)C)Cc2cc(F)ccc21. The van der Waals surface area contributed by atoms with Crippen LogP contribution in [-0.2, 0) is 22.7 Å². The third kappa shape index (κ3) is 9.16. The van der Waals surface area contributed by atoms with Crippen LogP contribution >= 0.6 is 0 Å². The monoisotopic (exact) mass is 541 g/mol. The lowest BCUT2D eigenvalue weighted by Gasteiger charge is -2.32. The van der Waals surface area contributed by atoms with Crippen molar-refractivity contribution in [1.82, 2.24) is 19.4 Å². The first-order valence-electron chi connectivity index (χ1n) is 14.6. The molecule has 3 rings (SSSR count). The molecule has 0 aliphatic carbocycles. The number of imidazole rings is 1. The molecule has 216 valence electrons. The summed E-state index contributed by atoms with van der Waals surface area (Å²) in [6.45, 7) is 17.4. The molecule has 0 radical (unpaired) electrons. The quantitative estimate of drug-likeness (QED) is 0.430. The van der Waals surface area contributed by atoms with Crippen molar-refractivity contribution in [1.29, 1.82) is 0 Å². The highest BCUT2D eigenvalue weighted by atomic mass is 19.1. The summed E-state index contributed by atoms with van der Waals surface area (Å²) >= 11 is 0. The average molecular weight is 542 g/mol. The van der Waals surface area contributed by atoms with Gasteiger partial charge in [-0.05, 0) is 61.5 Å². The van der Waals surface area contributed by atoms with Gasteiger partial charge in [0.25, 0.3) is 0 Å². The fourth-order valence-corrected chi connectivity index (χ4v) is 5.41. The van der Waals surface area contributed by atoms with Gasteiger partial charge in [-0.25, -0.2) is 9.37 Å². The number of fused-ring (bicyclic) bond motifs is 1. The van der Waals surface area contributed by atoms with Crippen LogP contribution in [0.2, 0.25) is 0 Å². The van der Waals surface area contributed by atoms with Crippen LogP contribution in [0.25, 0.3) is 0 Å². The number of halogens is 1. The van der Waals surface area contributed by atoms with Crippen LogP contribution in [0.3, 0.4) is 0 Å². The Balaban J connectivity index is 1.91. The van der Waals surface area contributed by atoms with E-state index in [-0.39, 0.29) is 36.0 Å². The van der Waals surface area contributed by atoms with Gasteiger partial charge >= 0.3 is 0 Å². The van der Waals surface area contributed by atoms with Gasteiger partial charge in [0.05, 0.1) is 0 Å². The van der Waals surface area contributed by atoms with Crippen LogP contribution in [0.4, 0.5) is 10.1 Å². The van der Waals surface area contributed by atoms with Crippen LogP contribution in [0.15, 0.2) is 30.6 Å². The molecule has 0 saturated carbocycles. The number of carbonyl (C=O) groups is 2. The van der Waals surface area contributed by atoms with Crippen LogP contribution in [0.5, 0.6) is 0 Å². The molecule has 7 nitrogen and oxygen atoms in total. The largest absolute Gasteiger partial charge is 0.338 e. The number of rotatable bonds is 8. The Morgan fingerprint density at radius 1 is 0.949 bits per heavy atom. The second-order valence-corrected chi connectivity index (χ2v) is 12.0. The number of hydrogen-bond donors (Lipinski definition) is 0. The molecule has 1 aromatic heterocycles. The van der Waals surface area contributed by atoms with E-state index in [9.17, 15) is 14.0 Å². The fraction of sp³-hybridized carbons (Fsp3) is 0.645. The lowest BCUT2D eigenvalue weighted by Crippen LogP contribution is -2.40. The zero-order valence-corrected chi connectivity index (χ0v) is 24.8. The highest BCUT2D eigenvalue weighted by Crippen LogP contribution is 2.26. The van der Waals surface area contributed by atoms with Gasteiger partial charge in [-0.3, -0.25) is 9.59 Å². The minimum atomic E-state index is -0.354. The standard InChI is InChI=1S/C31H48FN5O2/c1-23(2)19-30(39)37-16-8-14-34(21-24(3)4)13-7-15-36(22-26-20-27(32)9-10-28(26)37)29(38)11-17-35-18-12-33-31(35)25(5)6/h9-10,12,18,20,23-25H,7-8,11,13-17,19,21-22H2,1-6H3. The predicted molar refractivity (Wildman–Crippen MR) is 155 cm³/mol. The zero-order chi connectivity index (χ0) is 28.5. The van der Waals surface area contributed by atoms with E-state index in [4.69, 9.17) is 0 Å². The van der Waals surface area contributed by atoms with Crippen molar-refractivity contribution < 1.29 is 14.0 Å². The van der Waals surface area contributed by atoms with E-state index < -0.39 is 0 Å². The molecule has 0 unspecified atom stereocenters. The second-order valence-electron chi connectivity index (χ2n) is 12.0. The Morgan fingerprint density at radius 2 is 1.67 bits per heavy atom. The molecule has 0 atom stereocenters. The molecular formula is C31H48FN5O2. The van der Waals surface area contributed by atoms with E-state index in [1.807, 2.05) is 34.4 Å². The van der Waals surface area contributed by atoms with Crippen LogP contribution in [-0.4, -0.2) is 63.9 Å². The molecule has 0 bridgehead atoms. The van der Waals surface area contributed by atoms with Gasteiger partial charge in [0.2, 0.25) is 11.8 Å². The van der Waals surface area contributed by atoms with Crippen molar-refractivity contribution in [2.24, 2.45) is 11.8 Å². The van der Waals surface area contributed by atoms with Crippen molar-refractivity contribution in [2.45, 2.75) is 86.2 Å². The summed E-state index contributed by atoms with van der Waals surface area (Å²) in [5.74, 6) is 1.71. The zero-order valence-electron chi connectivity index (χ0n) is 24.8. The topological polar surface area (TPSA) is 61.7 Å². The summed E-state index contributed by atoms with van der Waals surface area (Å²) in [5, 5.41) is 0. The molecule has 0 spiro atoms. The highest BCUT2D eigenvalue weighted by molar-refractivity contribution is 5.94. The number of aromatic nitrogens is 2. The molecule has 1 aliphatic heterocycles. The maximum absolute atomic E-state index is 14.5. The predicted octanol–water partition coefficient (Wildman–Crippen LogP) is 5.70. The van der Waals surface area contributed by atoms with Crippen LogP contribution < -0.4 is 4.90 Å². The Kier molecular flexibility index (Phi) is 11.5. The molecule has 0 N–H and O–H groups in total. The number of hydrogen-bond acceptors (Lipinski definition) is 4. The Labute approximate surface area is 234 Å². The van der Waals surface area contributed by atoms with Gasteiger partial charge in [-0.15, -0.1) is 0 Å². The Hall–Kier alpha value is -2.74. The first-order chi connectivity index (χ1) is 18.5. The highest BCUT2D eigenvalue weighted by Gasteiger charge is 2.24. The van der Waals surface area contributed by atoms with Crippen molar-refractivity contribution in [3.05, 3.63) is 47.8 Å². The molecule has 0 fully saturated rings. The summed E-state index contributed by atoms with van der Waals surface area (Å²) < 4.78 is 16.6. The van der Waals surface area contributed by atoms with E-state index >= 15 is 0 Å². The summed E-state index contributed by atoms with van der Waals surface area (Å²) in [6, 6.07) is 4.63. The third-order valence-corrected chi connectivity index (χ3v) is 7.14. The van der Waals surface area contributed by atoms with Gasteiger partial charge in [0, 0.05) is 69.6 Å². The van der Waals surface area contributed by atoms with Gasteiger partial charge in [-0.1, -0.05) is 41.5 Å². The normalized spacial score (nSPS) is 15.9. The number of nitrogens with zero attached hydrogens (tertiary/aromatic N) is 5. The van der Waals surface area contributed by atoms with E-state index in [1.54, 1.807) is 12.3 Å². The molecule has 2 amide bonds. The minimum absolute atomic E-state index is 0.0288. The van der Waals surface area contributed by atoms with Gasteiger partial charge in [0.1, 0.15) is 11.6 Å². The molecule has 2 heterocycles. The fourth-order valence-electron chi connectivity index (χ4n) is 5.41. The molecule has 1 aliphatic rings. The van der Waals surface area contributed by atoms with Crippen molar-refractivity contribution in [3.63, 3.8) is 0 Å². The number of amides is 2.